The van der Waals surface area contributed by atoms with Crippen molar-refractivity contribution >= 4 is 11.9 Å². The topological polar surface area (TPSA) is 57.6 Å². The van der Waals surface area contributed by atoms with Crippen LogP contribution in [-0.4, -0.2) is 41.1 Å². The molecular formula is C12H20F3NO3. The van der Waals surface area contributed by atoms with Gasteiger partial charge >= 0.3 is 12.1 Å². The average Bonchev–Trinajstić information content (AvgIpc) is 2.28. The highest BCUT2D eigenvalue weighted by Gasteiger charge is 2.32. The maximum atomic E-state index is 12.3. The van der Waals surface area contributed by atoms with E-state index in [0.717, 1.165) is 4.90 Å². The minimum Gasteiger partial charge on any atom is -0.481 e. The predicted molar refractivity (Wildman–Crippen MR) is 63.6 cm³/mol. The number of hydrogen-bond acceptors (Lipinski definition) is 2. The first-order valence-corrected chi connectivity index (χ1v) is 6.32. The molecule has 0 bridgehead atoms. The predicted octanol–water partition coefficient (Wildman–Crippen LogP) is 2.82. The molecule has 0 aromatic carbocycles. The number of carboxylic acid groups (broad SMARTS) is 1. The number of rotatable bonds is 9. The third-order valence-corrected chi connectivity index (χ3v) is 2.54. The van der Waals surface area contributed by atoms with Gasteiger partial charge in [0.1, 0.15) is 6.54 Å². The Kier molecular flexibility index (Phi) is 8.18. The number of carbonyl (C=O) groups is 2. The van der Waals surface area contributed by atoms with Crippen LogP contribution in [0.4, 0.5) is 13.2 Å². The minimum atomic E-state index is -4.40. The Morgan fingerprint density at radius 1 is 1.11 bits per heavy atom. The molecule has 0 aliphatic rings. The maximum Gasteiger partial charge on any atom is 0.406 e. The highest BCUT2D eigenvalue weighted by Crippen LogP contribution is 2.18. The van der Waals surface area contributed by atoms with Crippen molar-refractivity contribution in [3.05, 3.63) is 0 Å². The van der Waals surface area contributed by atoms with Gasteiger partial charge in [-0.2, -0.15) is 13.2 Å². The van der Waals surface area contributed by atoms with Gasteiger partial charge in [-0.3, -0.25) is 9.59 Å². The van der Waals surface area contributed by atoms with Crippen molar-refractivity contribution in [2.24, 2.45) is 0 Å². The highest BCUT2D eigenvalue weighted by molar-refractivity contribution is 5.76. The lowest BCUT2D eigenvalue weighted by molar-refractivity contribution is -0.161. The SMILES string of the molecule is CCCCN(CC(F)(F)F)C(=O)CCCCC(=O)O. The molecule has 0 aliphatic carbocycles. The van der Waals surface area contributed by atoms with E-state index in [1.807, 2.05) is 6.92 Å². The first-order chi connectivity index (χ1) is 8.76. The summed E-state index contributed by atoms with van der Waals surface area (Å²) in [5, 5.41) is 8.41. The third kappa shape index (κ3) is 10.3. The van der Waals surface area contributed by atoms with Gasteiger partial charge in [0.05, 0.1) is 0 Å². The summed E-state index contributed by atoms with van der Waals surface area (Å²) >= 11 is 0. The van der Waals surface area contributed by atoms with Crippen LogP contribution in [0.2, 0.25) is 0 Å². The fourth-order valence-electron chi connectivity index (χ4n) is 1.57. The number of aliphatic carboxylic acids is 1. The smallest absolute Gasteiger partial charge is 0.406 e. The number of halogens is 3. The molecule has 1 amide bonds. The Labute approximate surface area is 110 Å². The van der Waals surface area contributed by atoms with Crippen LogP contribution in [0.1, 0.15) is 45.4 Å². The number of carboxylic acids is 1. The van der Waals surface area contributed by atoms with Gasteiger partial charge in [0.15, 0.2) is 0 Å². The number of amides is 1. The molecule has 1 N–H and O–H groups in total. The van der Waals surface area contributed by atoms with Crippen molar-refractivity contribution in [1.82, 2.24) is 4.90 Å². The second-order valence-electron chi connectivity index (χ2n) is 4.38. The van der Waals surface area contributed by atoms with Crippen molar-refractivity contribution in [1.29, 1.82) is 0 Å². The molecule has 4 nitrogen and oxygen atoms in total. The Hall–Kier alpha value is -1.27. The summed E-state index contributed by atoms with van der Waals surface area (Å²) in [6.07, 6.45) is -2.67. The molecule has 112 valence electrons. The molecule has 0 aliphatic heterocycles. The van der Waals surface area contributed by atoms with Crippen molar-refractivity contribution < 1.29 is 27.9 Å². The van der Waals surface area contributed by atoms with E-state index in [1.165, 1.54) is 0 Å². The molecule has 0 unspecified atom stereocenters. The van der Waals surface area contributed by atoms with Crippen LogP contribution in [0.25, 0.3) is 0 Å². The van der Waals surface area contributed by atoms with Crippen LogP contribution in [0, 0.1) is 0 Å². The van der Waals surface area contributed by atoms with E-state index in [4.69, 9.17) is 5.11 Å². The van der Waals surface area contributed by atoms with Gasteiger partial charge in [0.2, 0.25) is 5.91 Å². The van der Waals surface area contributed by atoms with Gasteiger partial charge in [-0.1, -0.05) is 13.3 Å². The van der Waals surface area contributed by atoms with Crippen LogP contribution in [-0.2, 0) is 9.59 Å². The monoisotopic (exact) mass is 283 g/mol. The van der Waals surface area contributed by atoms with E-state index in [-0.39, 0.29) is 19.4 Å². The first-order valence-electron chi connectivity index (χ1n) is 6.32. The van der Waals surface area contributed by atoms with Crippen LogP contribution in [0.5, 0.6) is 0 Å². The summed E-state index contributed by atoms with van der Waals surface area (Å²) in [6, 6.07) is 0. The summed E-state index contributed by atoms with van der Waals surface area (Å²) in [5.41, 5.74) is 0. The lowest BCUT2D eigenvalue weighted by Gasteiger charge is -2.23. The molecule has 0 aromatic rings. The number of unbranched alkanes of at least 4 members (excludes halogenated alkanes) is 2. The molecule has 0 atom stereocenters. The normalized spacial score (nSPS) is 11.4. The van der Waals surface area contributed by atoms with Gasteiger partial charge in [0.25, 0.3) is 0 Å². The van der Waals surface area contributed by atoms with Gasteiger partial charge < -0.3 is 10.0 Å². The second kappa shape index (κ2) is 8.77. The van der Waals surface area contributed by atoms with Crippen LogP contribution >= 0.6 is 0 Å². The zero-order valence-corrected chi connectivity index (χ0v) is 11.0. The van der Waals surface area contributed by atoms with E-state index in [1.54, 1.807) is 0 Å². The molecule has 0 radical (unpaired) electrons. The zero-order valence-electron chi connectivity index (χ0n) is 11.0. The molecular weight excluding hydrogens is 263 g/mol. The molecule has 0 heterocycles. The van der Waals surface area contributed by atoms with E-state index < -0.39 is 24.6 Å². The molecule has 0 spiro atoms. The average molecular weight is 283 g/mol. The van der Waals surface area contributed by atoms with Gasteiger partial charge in [-0.05, 0) is 19.3 Å². The van der Waals surface area contributed by atoms with Crippen molar-refractivity contribution in [3.63, 3.8) is 0 Å². The van der Waals surface area contributed by atoms with E-state index >= 15 is 0 Å². The fourth-order valence-corrected chi connectivity index (χ4v) is 1.57. The number of hydrogen-bond donors (Lipinski definition) is 1. The molecule has 0 saturated carbocycles. The fraction of sp³-hybridized carbons (Fsp3) is 0.833. The minimum absolute atomic E-state index is 0.0346. The Morgan fingerprint density at radius 3 is 2.16 bits per heavy atom. The largest absolute Gasteiger partial charge is 0.481 e. The van der Waals surface area contributed by atoms with Gasteiger partial charge in [-0.25, -0.2) is 0 Å². The zero-order chi connectivity index (χ0) is 14.9. The summed E-state index contributed by atoms with van der Waals surface area (Å²) in [4.78, 5) is 22.7. The highest BCUT2D eigenvalue weighted by atomic mass is 19.4. The summed E-state index contributed by atoms with van der Waals surface area (Å²) < 4.78 is 36.9. The third-order valence-electron chi connectivity index (χ3n) is 2.54. The molecule has 0 aromatic heterocycles. The van der Waals surface area contributed by atoms with E-state index in [2.05, 4.69) is 0 Å². The quantitative estimate of drug-likeness (QED) is 0.662. The van der Waals surface area contributed by atoms with Crippen molar-refractivity contribution in [2.75, 3.05) is 13.1 Å². The van der Waals surface area contributed by atoms with E-state index in [0.29, 0.717) is 25.7 Å². The maximum absolute atomic E-state index is 12.3. The number of nitrogens with zero attached hydrogens (tertiary/aromatic N) is 1. The van der Waals surface area contributed by atoms with Crippen molar-refractivity contribution in [2.45, 2.75) is 51.6 Å². The summed E-state index contributed by atoms with van der Waals surface area (Å²) in [7, 11) is 0. The van der Waals surface area contributed by atoms with Crippen LogP contribution in [0.15, 0.2) is 0 Å². The first kappa shape index (κ1) is 17.7. The molecule has 0 saturated heterocycles. The molecule has 0 fully saturated rings. The Balaban J connectivity index is 4.18. The molecule has 19 heavy (non-hydrogen) atoms. The lowest BCUT2D eigenvalue weighted by Crippen LogP contribution is -2.39. The molecule has 7 heteroatoms. The van der Waals surface area contributed by atoms with Crippen LogP contribution in [0.3, 0.4) is 0 Å². The van der Waals surface area contributed by atoms with Gasteiger partial charge in [0, 0.05) is 19.4 Å². The summed E-state index contributed by atoms with van der Waals surface area (Å²) in [5.74, 6) is -1.53. The van der Waals surface area contributed by atoms with E-state index in [9.17, 15) is 22.8 Å². The van der Waals surface area contributed by atoms with Crippen LogP contribution < -0.4 is 0 Å². The summed E-state index contributed by atoms with van der Waals surface area (Å²) in [6.45, 7) is 0.696. The molecule has 0 rings (SSSR count). The van der Waals surface area contributed by atoms with Gasteiger partial charge in [-0.15, -0.1) is 0 Å². The Bertz CT molecular complexity index is 292. The lowest BCUT2D eigenvalue weighted by atomic mass is 10.1. The Morgan fingerprint density at radius 2 is 1.68 bits per heavy atom. The standard InChI is InChI=1S/C12H20F3NO3/c1-2-3-8-16(9-12(13,14)15)10(17)6-4-5-7-11(18)19/h2-9H2,1H3,(H,18,19). The number of carbonyl (C=O) groups excluding carboxylic acids is 1. The van der Waals surface area contributed by atoms with Crippen molar-refractivity contribution in [3.8, 4) is 0 Å². The second-order valence-corrected chi connectivity index (χ2v) is 4.38. The number of alkyl halides is 3.